The summed E-state index contributed by atoms with van der Waals surface area (Å²) in [6, 6.07) is 0. The Labute approximate surface area is 119 Å². The first kappa shape index (κ1) is 15.0. The van der Waals surface area contributed by atoms with Gasteiger partial charge in [0.05, 0.1) is 17.9 Å². The third-order valence-corrected chi connectivity index (χ3v) is 3.70. The number of rotatable bonds is 7. The molecule has 0 spiro atoms. The highest BCUT2D eigenvalue weighted by Gasteiger charge is 2.17. The first-order valence-electron chi connectivity index (χ1n) is 7.34. The van der Waals surface area contributed by atoms with E-state index in [4.69, 9.17) is 10.5 Å². The van der Waals surface area contributed by atoms with Crippen LogP contribution in [0.4, 0.5) is 0 Å². The maximum absolute atomic E-state index is 12.1. The average molecular weight is 280 g/mol. The van der Waals surface area contributed by atoms with Gasteiger partial charge in [0.25, 0.3) is 5.91 Å². The Morgan fingerprint density at radius 2 is 2.50 bits per heavy atom. The van der Waals surface area contributed by atoms with Crippen LogP contribution in [-0.4, -0.2) is 41.5 Å². The zero-order valence-corrected chi connectivity index (χ0v) is 12.1. The molecule has 1 aliphatic rings. The number of aromatic nitrogens is 2. The Hall–Kier alpha value is -1.40. The van der Waals surface area contributed by atoms with E-state index >= 15 is 0 Å². The van der Waals surface area contributed by atoms with Gasteiger partial charge in [-0.3, -0.25) is 9.48 Å². The standard InChI is InChI=1S/C14H24N4O2/c1-11-13(10-17-18(11)8-3-6-15)14(19)16-7-5-12-4-2-9-20-12/h10,12H,2-9,15H2,1H3,(H,16,19). The quantitative estimate of drug-likeness (QED) is 0.775. The van der Waals surface area contributed by atoms with Gasteiger partial charge in [-0.1, -0.05) is 0 Å². The summed E-state index contributed by atoms with van der Waals surface area (Å²) in [7, 11) is 0. The molecule has 2 rings (SSSR count). The smallest absolute Gasteiger partial charge is 0.254 e. The molecule has 1 aromatic rings. The second-order valence-electron chi connectivity index (χ2n) is 5.19. The van der Waals surface area contributed by atoms with Crippen LogP contribution in [0.2, 0.25) is 0 Å². The van der Waals surface area contributed by atoms with E-state index in [2.05, 4.69) is 10.4 Å². The number of amides is 1. The lowest BCUT2D eigenvalue weighted by Gasteiger charge is -2.10. The van der Waals surface area contributed by atoms with Crippen LogP contribution >= 0.6 is 0 Å². The summed E-state index contributed by atoms with van der Waals surface area (Å²) in [4.78, 5) is 12.1. The largest absolute Gasteiger partial charge is 0.378 e. The van der Waals surface area contributed by atoms with Gasteiger partial charge in [0.2, 0.25) is 0 Å². The predicted molar refractivity (Wildman–Crippen MR) is 76.6 cm³/mol. The van der Waals surface area contributed by atoms with Crippen molar-refractivity contribution in [1.82, 2.24) is 15.1 Å². The summed E-state index contributed by atoms with van der Waals surface area (Å²) in [5, 5.41) is 7.17. The zero-order chi connectivity index (χ0) is 14.4. The molecular weight excluding hydrogens is 256 g/mol. The fourth-order valence-electron chi connectivity index (χ4n) is 2.45. The number of carbonyl (C=O) groups excluding carboxylic acids is 1. The lowest BCUT2D eigenvalue weighted by atomic mass is 10.2. The second kappa shape index (κ2) is 7.40. The summed E-state index contributed by atoms with van der Waals surface area (Å²) < 4.78 is 7.37. The van der Waals surface area contributed by atoms with Crippen molar-refractivity contribution >= 4 is 5.91 Å². The molecule has 1 amide bonds. The minimum absolute atomic E-state index is 0.0560. The second-order valence-corrected chi connectivity index (χ2v) is 5.19. The molecule has 6 heteroatoms. The number of nitrogens with zero attached hydrogens (tertiary/aromatic N) is 2. The maximum Gasteiger partial charge on any atom is 0.254 e. The molecular formula is C14H24N4O2. The molecule has 0 saturated carbocycles. The van der Waals surface area contributed by atoms with E-state index in [9.17, 15) is 4.79 Å². The summed E-state index contributed by atoms with van der Waals surface area (Å²) in [5.74, 6) is -0.0560. The van der Waals surface area contributed by atoms with Crippen LogP contribution < -0.4 is 11.1 Å². The molecule has 2 heterocycles. The zero-order valence-electron chi connectivity index (χ0n) is 12.1. The molecule has 1 aliphatic heterocycles. The van der Waals surface area contributed by atoms with E-state index in [0.717, 1.165) is 44.5 Å². The molecule has 0 bridgehead atoms. The maximum atomic E-state index is 12.1. The van der Waals surface area contributed by atoms with Crippen molar-refractivity contribution in [2.24, 2.45) is 5.73 Å². The van der Waals surface area contributed by atoms with Crippen molar-refractivity contribution in [3.05, 3.63) is 17.5 Å². The van der Waals surface area contributed by atoms with Gasteiger partial charge < -0.3 is 15.8 Å². The Balaban J connectivity index is 1.80. The highest BCUT2D eigenvalue weighted by molar-refractivity contribution is 5.94. The minimum Gasteiger partial charge on any atom is -0.378 e. The van der Waals surface area contributed by atoms with Crippen molar-refractivity contribution in [3.63, 3.8) is 0 Å². The van der Waals surface area contributed by atoms with Crippen LogP contribution in [0.5, 0.6) is 0 Å². The highest BCUT2D eigenvalue weighted by atomic mass is 16.5. The summed E-state index contributed by atoms with van der Waals surface area (Å²) in [6.45, 7) is 4.80. The topological polar surface area (TPSA) is 82.2 Å². The van der Waals surface area contributed by atoms with E-state index in [0.29, 0.717) is 24.8 Å². The van der Waals surface area contributed by atoms with Crippen LogP contribution in [0.25, 0.3) is 0 Å². The molecule has 1 fully saturated rings. The summed E-state index contributed by atoms with van der Waals surface area (Å²) in [5.41, 5.74) is 7.03. The van der Waals surface area contributed by atoms with E-state index in [1.807, 2.05) is 11.6 Å². The van der Waals surface area contributed by atoms with Gasteiger partial charge in [-0.15, -0.1) is 0 Å². The fourth-order valence-corrected chi connectivity index (χ4v) is 2.45. The molecule has 1 aromatic heterocycles. The molecule has 0 aliphatic carbocycles. The number of aryl methyl sites for hydroxylation is 1. The number of nitrogens with two attached hydrogens (primary N) is 1. The molecule has 6 nitrogen and oxygen atoms in total. The molecule has 0 aromatic carbocycles. The summed E-state index contributed by atoms with van der Waals surface area (Å²) in [6.07, 6.45) is 5.92. The summed E-state index contributed by atoms with van der Waals surface area (Å²) >= 11 is 0. The molecule has 20 heavy (non-hydrogen) atoms. The Kier molecular flexibility index (Phi) is 5.55. The van der Waals surface area contributed by atoms with Gasteiger partial charge in [0.1, 0.15) is 0 Å². The Bertz CT molecular complexity index is 438. The van der Waals surface area contributed by atoms with Gasteiger partial charge in [-0.05, 0) is 39.2 Å². The Morgan fingerprint density at radius 3 is 3.20 bits per heavy atom. The van der Waals surface area contributed by atoms with Gasteiger partial charge in [0, 0.05) is 25.4 Å². The third-order valence-electron chi connectivity index (χ3n) is 3.70. The fraction of sp³-hybridized carbons (Fsp3) is 0.714. The van der Waals surface area contributed by atoms with E-state index in [1.54, 1.807) is 6.20 Å². The van der Waals surface area contributed by atoms with Crippen molar-refractivity contribution in [1.29, 1.82) is 0 Å². The third kappa shape index (κ3) is 3.80. The molecule has 1 unspecified atom stereocenters. The van der Waals surface area contributed by atoms with Crippen molar-refractivity contribution in [3.8, 4) is 0 Å². The van der Waals surface area contributed by atoms with Crippen LogP contribution in [0.15, 0.2) is 6.20 Å². The SMILES string of the molecule is Cc1c(C(=O)NCCC2CCCO2)cnn1CCCN. The number of hydrogen-bond acceptors (Lipinski definition) is 4. The number of carbonyl (C=O) groups is 1. The minimum atomic E-state index is -0.0560. The lowest BCUT2D eigenvalue weighted by molar-refractivity contribution is 0.0906. The Morgan fingerprint density at radius 1 is 1.65 bits per heavy atom. The molecule has 112 valence electrons. The van der Waals surface area contributed by atoms with Gasteiger partial charge >= 0.3 is 0 Å². The number of nitrogens with one attached hydrogen (secondary N) is 1. The van der Waals surface area contributed by atoms with Crippen molar-refractivity contribution < 1.29 is 9.53 Å². The van der Waals surface area contributed by atoms with E-state index in [-0.39, 0.29) is 5.91 Å². The predicted octanol–water partition coefficient (Wildman–Crippen LogP) is 0.839. The van der Waals surface area contributed by atoms with Crippen LogP contribution in [0, 0.1) is 6.92 Å². The first-order valence-corrected chi connectivity index (χ1v) is 7.34. The first-order chi connectivity index (χ1) is 9.72. The van der Waals surface area contributed by atoms with Crippen molar-refractivity contribution in [2.75, 3.05) is 19.7 Å². The van der Waals surface area contributed by atoms with Gasteiger partial charge in [-0.2, -0.15) is 5.10 Å². The van der Waals surface area contributed by atoms with E-state index < -0.39 is 0 Å². The number of hydrogen-bond donors (Lipinski definition) is 2. The van der Waals surface area contributed by atoms with Gasteiger partial charge in [-0.25, -0.2) is 0 Å². The van der Waals surface area contributed by atoms with Crippen molar-refractivity contribution in [2.45, 2.75) is 45.3 Å². The molecule has 3 N–H and O–H groups in total. The normalized spacial score (nSPS) is 18.4. The van der Waals surface area contributed by atoms with E-state index in [1.165, 1.54) is 0 Å². The van der Waals surface area contributed by atoms with Crippen LogP contribution in [0.3, 0.4) is 0 Å². The molecule has 0 radical (unpaired) electrons. The average Bonchev–Trinajstić information content (AvgIpc) is 3.06. The molecule has 1 atom stereocenters. The van der Waals surface area contributed by atoms with Gasteiger partial charge in [0.15, 0.2) is 0 Å². The monoisotopic (exact) mass is 280 g/mol. The highest BCUT2D eigenvalue weighted by Crippen LogP contribution is 2.14. The molecule has 1 saturated heterocycles. The number of ether oxygens (including phenoxy) is 1. The lowest BCUT2D eigenvalue weighted by Crippen LogP contribution is -2.27. The van der Waals surface area contributed by atoms with Crippen LogP contribution in [-0.2, 0) is 11.3 Å². The van der Waals surface area contributed by atoms with Crippen LogP contribution in [0.1, 0.15) is 41.7 Å².